The maximum Gasteiger partial charge on any atom is 0.227 e. The highest BCUT2D eigenvalue weighted by atomic mass is 16.5. The molecule has 2 aromatic heterocycles. The SMILES string of the molecule is CNc1nc([C@H]2CCCN2)nc2c1CCN(C(=O)Cc1c(C)noc1C)C2. The van der Waals surface area contributed by atoms with Gasteiger partial charge in [-0.1, -0.05) is 5.16 Å². The predicted molar refractivity (Wildman–Crippen MR) is 100 cm³/mol. The number of fused-ring (bicyclic) bond motifs is 1. The van der Waals surface area contributed by atoms with Crippen molar-refractivity contribution >= 4 is 11.7 Å². The molecular weight excluding hydrogens is 344 g/mol. The fourth-order valence-corrected chi connectivity index (χ4v) is 3.95. The van der Waals surface area contributed by atoms with Crippen LogP contribution in [0.3, 0.4) is 0 Å². The number of anilines is 1. The van der Waals surface area contributed by atoms with Crippen LogP contribution in [0.1, 0.15) is 53.0 Å². The largest absolute Gasteiger partial charge is 0.373 e. The van der Waals surface area contributed by atoms with Crippen LogP contribution in [-0.4, -0.2) is 46.1 Å². The van der Waals surface area contributed by atoms with Crippen molar-refractivity contribution in [2.45, 2.75) is 52.1 Å². The summed E-state index contributed by atoms with van der Waals surface area (Å²) in [5, 5.41) is 10.6. The van der Waals surface area contributed by atoms with Gasteiger partial charge in [0, 0.05) is 24.7 Å². The van der Waals surface area contributed by atoms with E-state index in [1.807, 2.05) is 25.8 Å². The van der Waals surface area contributed by atoms with Gasteiger partial charge >= 0.3 is 0 Å². The summed E-state index contributed by atoms with van der Waals surface area (Å²) in [5.41, 5.74) is 3.75. The lowest BCUT2D eigenvalue weighted by atomic mass is 10.0. The minimum Gasteiger partial charge on any atom is -0.373 e. The van der Waals surface area contributed by atoms with Crippen LogP contribution >= 0.6 is 0 Å². The van der Waals surface area contributed by atoms with Crippen LogP contribution in [0, 0.1) is 13.8 Å². The van der Waals surface area contributed by atoms with Crippen molar-refractivity contribution in [1.82, 2.24) is 25.3 Å². The van der Waals surface area contributed by atoms with Crippen molar-refractivity contribution in [2.24, 2.45) is 0 Å². The van der Waals surface area contributed by atoms with Gasteiger partial charge in [0.15, 0.2) is 0 Å². The van der Waals surface area contributed by atoms with E-state index in [9.17, 15) is 4.79 Å². The molecule has 1 amide bonds. The minimum absolute atomic E-state index is 0.0835. The van der Waals surface area contributed by atoms with E-state index >= 15 is 0 Å². The molecule has 2 aliphatic rings. The van der Waals surface area contributed by atoms with Gasteiger partial charge in [-0.15, -0.1) is 0 Å². The molecular formula is C19H26N6O2. The van der Waals surface area contributed by atoms with Gasteiger partial charge in [0.25, 0.3) is 0 Å². The molecule has 2 aliphatic heterocycles. The molecule has 0 saturated carbocycles. The van der Waals surface area contributed by atoms with Gasteiger partial charge in [-0.25, -0.2) is 9.97 Å². The van der Waals surface area contributed by atoms with Crippen molar-refractivity contribution in [3.05, 3.63) is 34.1 Å². The first-order chi connectivity index (χ1) is 13.1. The Hall–Kier alpha value is -2.48. The van der Waals surface area contributed by atoms with Crippen LogP contribution < -0.4 is 10.6 Å². The van der Waals surface area contributed by atoms with Gasteiger partial charge in [0.05, 0.1) is 30.4 Å². The first kappa shape index (κ1) is 17.9. The third-order valence-electron chi connectivity index (χ3n) is 5.55. The topological polar surface area (TPSA) is 96.2 Å². The van der Waals surface area contributed by atoms with E-state index in [4.69, 9.17) is 14.5 Å². The van der Waals surface area contributed by atoms with E-state index < -0.39 is 0 Å². The molecule has 4 rings (SSSR count). The fraction of sp³-hybridized carbons (Fsp3) is 0.579. The van der Waals surface area contributed by atoms with Crippen LogP contribution in [0.15, 0.2) is 4.52 Å². The molecule has 1 atom stereocenters. The molecule has 8 heteroatoms. The van der Waals surface area contributed by atoms with Crippen LogP contribution in [-0.2, 0) is 24.2 Å². The fourth-order valence-electron chi connectivity index (χ4n) is 3.95. The molecule has 0 aromatic carbocycles. The standard InChI is InChI=1S/C19H26N6O2/c1-11-14(12(2)27-24-11)9-17(26)25-8-6-13-16(10-25)22-19(23-18(13)20-3)15-5-4-7-21-15/h15,21H,4-10H2,1-3H3,(H,20,22,23)/t15-/m1/s1. The van der Waals surface area contributed by atoms with Gasteiger partial charge in [-0.05, 0) is 39.7 Å². The maximum atomic E-state index is 12.9. The Morgan fingerprint density at radius 3 is 2.89 bits per heavy atom. The van der Waals surface area contributed by atoms with E-state index in [-0.39, 0.29) is 11.9 Å². The average molecular weight is 370 g/mol. The minimum atomic E-state index is 0.0835. The van der Waals surface area contributed by atoms with Crippen LogP contribution in [0.25, 0.3) is 0 Å². The number of aryl methyl sites for hydroxylation is 2. The van der Waals surface area contributed by atoms with Crippen molar-refractivity contribution < 1.29 is 9.32 Å². The molecule has 0 spiro atoms. The third-order valence-corrected chi connectivity index (χ3v) is 5.55. The monoisotopic (exact) mass is 370 g/mol. The van der Waals surface area contributed by atoms with E-state index in [1.54, 1.807) is 0 Å². The number of rotatable bonds is 4. The van der Waals surface area contributed by atoms with Gasteiger partial charge < -0.3 is 20.1 Å². The summed E-state index contributed by atoms with van der Waals surface area (Å²) >= 11 is 0. The van der Waals surface area contributed by atoms with Crippen molar-refractivity contribution in [3.8, 4) is 0 Å². The summed E-state index contributed by atoms with van der Waals surface area (Å²) in [5.74, 6) is 2.52. The second-order valence-corrected chi connectivity index (χ2v) is 7.30. The van der Waals surface area contributed by atoms with Gasteiger partial charge in [0.2, 0.25) is 5.91 Å². The summed E-state index contributed by atoms with van der Waals surface area (Å²) in [6, 6.07) is 0.204. The number of hydrogen-bond acceptors (Lipinski definition) is 7. The Morgan fingerprint density at radius 1 is 1.37 bits per heavy atom. The van der Waals surface area contributed by atoms with Crippen LogP contribution in [0.2, 0.25) is 0 Å². The highest BCUT2D eigenvalue weighted by Gasteiger charge is 2.28. The Morgan fingerprint density at radius 2 is 2.22 bits per heavy atom. The summed E-state index contributed by atoms with van der Waals surface area (Å²) < 4.78 is 5.19. The number of amides is 1. The molecule has 27 heavy (non-hydrogen) atoms. The smallest absolute Gasteiger partial charge is 0.227 e. The molecule has 4 heterocycles. The predicted octanol–water partition coefficient (Wildman–Crippen LogP) is 1.68. The molecule has 2 N–H and O–H groups in total. The molecule has 8 nitrogen and oxygen atoms in total. The van der Waals surface area contributed by atoms with Crippen molar-refractivity contribution in [1.29, 1.82) is 0 Å². The van der Waals surface area contributed by atoms with E-state index in [0.717, 1.165) is 60.0 Å². The molecule has 144 valence electrons. The van der Waals surface area contributed by atoms with E-state index in [0.29, 0.717) is 25.3 Å². The zero-order chi connectivity index (χ0) is 19.0. The van der Waals surface area contributed by atoms with Gasteiger partial charge in [0.1, 0.15) is 17.4 Å². The first-order valence-electron chi connectivity index (χ1n) is 9.57. The summed E-state index contributed by atoms with van der Waals surface area (Å²) in [4.78, 5) is 24.3. The summed E-state index contributed by atoms with van der Waals surface area (Å²) in [6.45, 7) is 5.92. The Balaban J connectivity index is 1.56. The lowest BCUT2D eigenvalue weighted by molar-refractivity contribution is -0.131. The van der Waals surface area contributed by atoms with Gasteiger partial charge in [-0.3, -0.25) is 4.79 Å². The Kier molecular flexibility index (Phi) is 4.82. The van der Waals surface area contributed by atoms with Gasteiger partial charge in [-0.2, -0.15) is 0 Å². The lowest BCUT2D eigenvalue weighted by Crippen LogP contribution is -2.38. The second-order valence-electron chi connectivity index (χ2n) is 7.30. The number of nitrogens with zero attached hydrogens (tertiary/aromatic N) is 4. The Bertz CT molecular complexity index is 837. The summed E-state index contributed by atoms with van der Waals surface area (Å²) in [6.07, 6.45) is 3.27. The van der Waals surface area contributed by atoms with E-state index in [2.05, 4.69) is 15.8 Å². The molecule has 0 aliphatic carbocycles. The zero-order valence-electron chi connectivity index (χ0n) is 16.1. The number of aromatic nitrogens is 3. The van der Waals surface area contributed by atoms with E-state index in [1.165, 1.54) is 0 Å². The number of hydrogen-bond donors (Lipinski definition) is 2. The number of nitrogens with one attached hydrogen (secondary N) is 2. The molecule has 2 aromatic rings. The zero-order valence-corrected chi connectivity index (χ0v) is 16.1. The second kappa shape index (κ2) is 7.26. The third kappa shape index (κ3) is 3.41. The molecule has 0 radical (unpaired) electrons. The molecule has 0 unspecified atom stereocenters. The number of carbonyl (C=O) groups is 1. The maximum absolute atomic E-state index is 12.9. The van der Waals surface area contributed by atoms with Crippen LogP contribution in [0.4, 0.5) is 5.82 Å². The molecule has 1 fully saturated rings. The van der Waals surface area contributed by atoms with Crippen molar-refractivity contribution in [3.63, 3.8) is 0 Å². The highest BCUT2D eigenvalue weighted by Crippen LogP contribution is 2.28. The van der Waals surface area contributed by atoms with Crippen molar-refractivity contribution in [2.75, 3.05) is 25.5 Å². The molecule has 0 bridgehead atoms. The number of carbonyl (C=O) groups excluding carboxylic acids is 1. The lowest BCUT2D eigenvalue weighted by Gasteiger charge is -2.30. The summed E-state index contributed by atoms with van der Waals surface area (Å²) in [7, 11) is 1.89. The quantitative estimate of drug-likeness (QED) is 0.845. The first-order valence-corrected chi connectivity index (χ1v) is 9.57. The van der Waals surface area contributed by atoms with Crippen LogP contribution in [0.5, 0.6) is 0 Å². The highest BCUT2D eigenvalue weighted by molar-refractivity contribution is 5.79. The molecule has 1 saturated heterocycles. The normalized spacial score (nSPS) is 19.2. The Labute approximate surface area is 158 Å². The average Bonchev–Trinajstić information content (AvgIpc) is 3.32.